The Balaban J connectivity index is 0.000000686. The molecule has 3 heteroatoms. The third kappa shape index (κ3) is 3.96. The second-order valence-corrected chi connectivity index (χ2v) is 3.68. The molecule has 0 amide bonds. The van der Waals surface area contributed by atoms with E-state index in [0.29, 0.717) is 0 Å². The maximum absolute atomic E-state index is 6.00. The fourth-order valence-electron chi connectivity index (χ4n) is 1.63. The van der Waals surface area contributed by atoms with Crippen molar-refractivity contribution >= 4 is 5.69 Å². The standard InChI is InChI=1S/C14H15N.N2/c1-15(14-10-6-3-7-11-14)12-13-8-4-2-5-9-13;1-2/h2-11H,12H2,1H3;. The van der Waals surface area contributed by atoms with Crippen molar-refractivity contribution in [3.8, 4) is 0 Å². The smallest absolute Gasteiger partial charge is 0.0426 e. The van der Waals surface area contributed by atoms with Crippen molar-refractivity contribution in [2.45, 2.75) is 6.54 Å². The highest BCUT2D eigenvalue weighted by Crippen LogP contribution is 2.14. The Hall–Kier alpha value is -2.34. The Bertz CT molecular complexity index is 437. The van der Waals surface area contributed by atoms with Gasteiger partial charge in [0.05, 0.1) is 0 Å². The first-order valence-corrected chi connectivity index (χ1v) is 5.36. The van der Waals surface area contributed by atoms with E-state index in [1.807, 2.05) is 12.1 Å². The number of rotatable bonds is 3. The molecule has 2 aromatic carbocycles. The molecule has 86 valence electrons. The van der Waals surface area contributed by atoms with Gasteiger partial charge in [0.15, 0.2) is 0 Å². The van der Waals surface area contributed by atoms with Crippen LogP contribution in [0.5, 0.6) is 0 Å². The predicted molar refractivity (Wildman–Crippen MR) is 68.4 cm³/mol. The number of nitrogens with zero attached hydrogens (tertiary/aromatic N) is 3. The summed E-state index contributed by atoms with van der Waals surface area (Å²) in [5, 5.41) is 12.0. The lowest BCUT2D eigenvalue weighted by molar-refractivity contribution is 0.923. The van der Waals surface area contributed by atoms with E-state index in [-0.39, 0.29) is 0 Å². The lowest BCUT2D eigenvalue weighted by atomic mass is 10.2. The van der Waals surface area contributed by atoms with Crippen LogP contribution in [0.4, 0.5) is 5.69 Å². The Labute approximate surface area is 102 Å². The van der Waals surface area contributed by atoms with Crippen molar-refractivity contribution < 1.29 is 0 Å². The minimum atomic E-state index is 0.949. The summed E-state index contributed by atoms with van der Waals surface area (Å²) in [5.74, 6) is 0. The summed E-state index contributed by atoms with van der Waals surface area (Å²) >= 11 is 0. The van der Waals surface area contributed by atoms with Crippen LogP contribution in [0.1, 0.15) is 5.56 Å². The van der Waals surface area contributed by atoms with Crippen LogP contribution < -0.4 is 4.90 Å². The van der Waals surface area contributed by atoms with Crippen molar-refractivity contribution in [2.24, 2.45) is 0 Å². The molecule has 0 aliphatic carbocycles. The van der Waals surface area contributed by atoms with Crippen LogP contribution in [0.25, 0.3) is 0 Å². The third-order valence-electron chi connectivity index (χ3n) is 2.46. The zero-order valence-electron chi connectivity index (χ0n) is 9.82. The number of hydrogen-bond acceptors (Lipinski definition) is 3. The monoisotopic (exact) mass is 225 g/mol. The molecule has 2 aromatic rings. The van der Waals surface area contributed by atoms with Gasteiger partial charge in [-0.25, -0.2) is 0 Å². The van der Waals surface area contributed by atoms with Gasteiger partial charge >= 0.3 is 0 Å². The quantitative estimate of drug-likeness (QED) is 0.752. The summed E-state index contributed by atoms with van der Waals surface area (Å²) in [6.07, 6.45) is 0. The van der Waals surface area contributed by atoms with Crippen LogP contribution in [0.2, 0.25) is 0 Å². The molecule has 2 rings (SSSR count). The molecule has 0 atom stereocenters. The minimum Gasteiger partial charge on any atom is -0.370 e. The SMILES string of the molecule is CN(Cc1ccccc1)c1ccccc1.N#N. The van der Waals surface area contributed by atoms with Gasteiger partial charge < -0.3 is 4.90 Å². The molecule has 0 saturated carbocycles. The predicted octanol–water partition coefficient (Wildman–Crippen LogP) is 3.35. The van der Waals surface area contributed by atoms with E-state index in [1.165, 1.54) is 11.3 Å². The van der Waals surface area contributed by atoms with E-state index in [2.05, 4.69) is 60.5 Å². The van der Waals surface area contributed by atoms with Crippen molar-refractivity contribution in [3.63, 3.8) is 0 Å². The highest BCUT2D eigenvalue weighted by Gasteiger charge is 1.99. The first-order valence-electron chi connectivity index (χ1n) is 5.36. The van der Waals surface area contributed by atoms with E-state index >= 15 is 0 Å². The fourth-order valence-corrected chi connectivity index (χ4v) is 1.63. The van der Waals surface area contributed by atoms with Crippen LogP contribution in [0.3, 0.4) is 0 Å². The molecule has 17 heavy (non-hydrogen) atoms. The van der Waals surface area contributed by atoms with Gasteiger partial charge in [0.1, 0.15) is 0 Å². The maximum atomic E-state index is 6.00. The molecule has 0 fully saturated rings. The molecule has 0 aliphatic heterocycles. The van der Waals surface area contributed by atoms with Gasteiger partial charge in [0, 0.05) is 30.1 Å². The van der Waals surface area contributed by atoms with E-state index in [1.54, 1.807) is 0 Å². The summed E-state index contributed by atoms with van der Waals surface area (Å²) in [7, 11) is 2.11. The molecular formula is C14H15N3. The van der Waals surface area contributed by atoms with Gasteiger partial charge in [-0.05, 0) is 17.7 Å². The average molecular weight is 225 g/mol. The molecule has 0 aliphatic rings. The highest BCUT2D eigenvalue weighted by atomic mass is 15.1. The van der Waals surface area contributed by atoms with Gasteiger partial charge in [-0.15, -0.1) is 0 Å². The van der Waals surface area contributed by atoms with E-state index in [0.717, 1.165) is 6.54 Å². The lowest BCUT2D eigenvalue weighted by Crippen LogP contribution is -2.15. The molecule has 0 unspecified atom stereocenters. The molecule has 0 heterocycles. The van der Waals surface area contributed by atoms with Gasteiger partial charge in [-0.2, -0.15) is 0 Å². The zero-order valence-corrected chi connectivity index (χ0v) is 9.82. The molecule has 0 radical (unpaired) electrons. The molecular weight excluding hydrogens is 210 g/mol. The minimum absolute atomic E-state index is 0.949. The van der Waals surface area contributed by atoms with Crippen LogP contribution in [-0.4, -0.2) is 7.05 Å². The van der Waals surface area contributed by atoms with Crippen molar-refractivity contribution in [2.75, 3.05) is 11.9 Å². The lowest BCUT2D eigenvalue weighted by Gasteiger charge is -2.19. The number of benzene rings is 2. The Morgan fingerprint density at radius 3 is 1.82 bits per heavy atom. The van der Waals surface area contributed by atoms with Crippen molar-refractivity contribution in [1.29, 1.82) is 10.8 Å². The molecule has 0 saturated heterocycles. The maximum Gasteiger partial charge on any atom is 0.0426 e. The van der Waals surface area contributed by atoms with Crippen LogP contribution >= 0.6 is 0 Å². The van der Waals surface area contributed by atoms with Crippen LogP contribution in [-0.2, 0) is 6.54 Å². The zero-order chi connectivity index (χ0) is 12.5. The first-order chi connectivity index (χ1) is 8.36. The number of anilines is 1. The Kier molecular flexibility index (Phi) is 5.26. The fraction of sp³-hybridized carbons (Fsp3) is 0.143. The van der Waals surface area contributed by atoms with Crippen molar-refractivity contribution in [3.05, 3.63) is 66.2 Å². The third-order valence-corrected chi connectivity index (χ3v) is 2.46. The second kappa shape index (κ2) is 7.02. The summed E-state index contributed by atoms with van der Waals surface area (Å²) < 4.78 is 0. The second-order valence-electron chi connectivity index (χ2n) is 3.68. The Morgan fingerprint density at radius 1 is 0.824 bits per heavy atom. The van der Waals surface area contributed by atoms with E-state index in [9.17, 15) is 0 Å². The van der Waals surface area contributed by atoms with Gasteiger partial charge in [0.25, 0.3) is 0 Å². The van der Waals surface area contributed by atoms with Crippen LogP contribution in [0.15, 0.2) is 60.7 Å². The van der Waals surface area contributed by atoms with Gasteiger partial charge in [-0.3, -0.25) is 0 Å². The molecule has 0 bridgehead atoms. The highest BCUT2D eigenvalue weighted by molar-refractivity contribution is 5.45. The summed E-state index contributed by atoms with van der Waals surface area (Å²) in [4.78, 5) is 2.25. The summed E-state index contributed by atoms with van der Waals surface area (Å²) in [6.45, 7) is 0.949. The van der Waals surface area contributed by atoms with E-state index < -0.39 is 0 Å². The molecule has 0 aromatic heterocycles. The number of para-hydroxylation sites is 1. The molecule has 0 spiro atoms. The molecule has 0 N–H and O–H groups in total. The van der Waals surface area contributed by atoms with E-state index in [4.69, 9.17) is 10.8 Å². The van der Waals surface area contributed by atoms with Crippen molar-refractivity contribution in [1.82, 2.24) is 0 Å². The normalized spacial score (nSPS) is 8.88. The van der Waals surface area contributed by atoms with Gasteiger partial charge in [-0.1, -0.05) is 48.5 Å². The van der Waals surface area contributed by atoms with Crippen LogP contribution in [0, 0.1) is 10.8 Å². The number of hydrogen-bond donors (Lipinski definition) is 0. The molecule has 3 nitrogen and oxygen atoms in total. The average Bonchev–Trinajstić information content (AvgIpc) is 2.43. The topological polar surface area (TPSA) is 50.8 Å². The first kappa shape index (κ1) is 12.7. The Morgan fingerprint density at radius 2 is 1.29 bits per heavy atom. The summed E-state index contributed by atoms with van der Waals surface area (Å²) in [6, 6.07) is 20.9. The largest absolute Gasteiger partial charge is 0.370 e. The van der Waals surface area contributed by atoms with Gasteiger partial charge in [0.2, 0.25) is 0 Å². The summed E-state index contributed by atoms with van der Waals surface area (Å²) in [5.41, 5.74) is 2.59.